The number of nitrogens with two attached hydrogens (primary N) is 1. The molecule has 7 heteroatoms. The van der Waals surface area contributed by atoms with Crippen LogP contribution in [0.25, 0.3) is 17.0 Å². The van der Waals surface area contributed by atoms with Gasteiger partial charge in [-0.05, 0) is 56.2 Å². The highest BCUT2D eigenvalue weighted by Crippen LogP contribution is 2.27. The first-order valence-corrected chi connectivity index (χ1v) is 10.4. The Morgan fingerprint density at radius 2 is 1.91 bits per heavy atom. The number of likely N-dealkylation sites (tertiary alicyclic amines) is 1. The van der Waals surface area contributed by atoms with Crippen molar-refractivity contribution in [1.29, 1.82) is 0 Å². The molecule has 1 aromatic heterocycles. The minimum absolute atomic E-state index is 0.0280. The van der Waals surface area contributed by atoms with Crippen LogP contribution >= 0.6 is 0 Å². The lowest BCUT2D eigenvalue weighted by Crippen LogP contribution is -2.42. The Labute approximate surface area is 186 Å². The van der Waals surface area contributed by atoms with Crippen LogP contribution in [-0.4, -0.2) is 29.0 Å². The molecule has 2 heterocycles. The van der Waals surface area contributed by atoms with Crippen LogP contribution in [0, 0.1) is 17.5 Å². The van der Waals surface area contributed by atoms with E-state index < -0.39 is 17.5 Å². The quantitative estimate of drug-likeness (QED) is 0.587. The lowest BCUT2D eigenvalue weighted by Gasteiger charge is -2.34. The smallest absolute Gasteiger partial charge is 0.151 e. The topological polar surface area (TPSA) is 54.2 Å². The second-order valence-corrected chi connectivity index (χ2v) is 7.58. The Bertz CT molecular complexity index is 1050. The van der Waals surface area contributed by atoms with Gasteiger partial charge in [0.2, 0.25) is 0 Å². The minimum Gasteiger partial charge on any atom is -0.368 e. The van der Waals surface area contributed by atoms with Gasteiger partial charge in [0.05, 0.1) is 28.3 Å². The number of benzene rings is 1. The van der Waals surface area contributed by atoms with Crippen molar-refractivity contribution >= 4 is 5.70 Å². The fourth-order valence-electron chi connectivity index (χ4n) is 3.73. The summed E-state index contributed by atoms with van der Waals surface area (Å²) in [6, 6.07) is 5.92. The first kappa shape index (κ1) is 23.3. The summed E-state index contributed by atoms with van der Waals surface area (Å²) in [4.78, 5) is 6.30. The number of aromatic nitrogens is 1. The van der Waals surface area contributed by atoms with Crippen LogP contribution in [0.15, 0.2) is 73.1 Å². The van der Waals surface area contributed by atoms with Crippen molar-refractivity contribution in [1.82, 2.24) is 15.2 Å². The summed E-state index contributed by atoms with van der Waals surface area (Å²) in [7, 11) is 0. The zero-order valence-corrected chi connectivity index (χ0v) is 18.0. The molecule has 0 unspecified atom stereocenters. The average molecular weight is 441 g/mol. The van der Waals surface area contributed by atoms with Gasteiger partial charge in [0.15, 0.2) is 5.82 Å². The van der Waals surface area contributed by atoms with Crippen molar-refractivity contribution in [3.05, 3.63) is 96.3 Å². The maximum absolute atomic E-state index is 14.6. The summed E-state index contributed by atoms with van der Waals surface area (Å²) in [5.74, 6) is -2.23. The Kier molecular flexibility index (Phi) is 7.53. The van der Waals surface area contributed by atoms with Crippen LogP contribution in [0.1, 0.15) is 25.5 Å². The summed E-state index contributed by atoms with van der Waals surface area (Å²) in [5, 5.41) is 3.07. The van der Waals surface area contributed by atoms with Gasteiger partial charge >= 0.3 is 0 Å². The van der Waals surface area contributed by atoms with Gasteiger partial charge < -0.3 is 16.0 Å². The Morgan fingerprint density at radius 1 is 1.19 bits per heavy atom. The molecule has 1 fully saturated rings. The van der Waals surface area contributed by atoms with E-state index in [1.807, 2.05) is 19.1 Å². The molecule has 0 spiro atoms. The number of nitrogens with one attached hydrogen (secondary N) is 1. The highest BCUT2D eigenvalue weighted by Gasteiger charge is 2.21. The fourth-order valence-corrected chi connectivity index (χ4v) is 3.73. The largest absolute Gasteiger partial charge is 0.368 e. The van der Waals surface area contributed by atoms with Gasteiger partial charge in [0.25, 0.3) is 0 Å². The van der Waals surface area contributed by atoms with Gasteiger partial charge in [-0.2, -0.15) is 0 Å². The average Bonchev–Trinajstić information content (AvgIpc) is 2.77. The number of hydrogen-bond acceptors (Lipinski definition) is 4. The van der Waals surface area contributed by atoms with E-state index in [-0.39, 0.29) is 28.7 Å². The summed E-state index contributed by atoms with van der Waals surface area (Å²) < 4.78 is 43.0. The molecule has 1 aromatic carbocycles. The van der Waals surface area contributed by atoms with Crippen molar-refractivity contribution in [3.63, 3.8) is 0 Å². The van der Waals surface area contributed by atoms with E-state index in [1.54, 1.807) is 6.08 Å². The van der Waals surface area contributed by atoms with E-state index >= 15 is 0 Å². The second kappa shape index (κ2) is 10.3. The second-order valence-electron chi connectivity index (χ2n) is 7.58. The van der Waals surface area contributed by atoms with Gasteiger partial charge in [-0.3, -0.25) is 0 Å². The molecular formula is C25H27F3N4. The molecule has 3 N–H and O–H groups in total. The van der Waals surface area contributed by atoms with Crippen LogP contribution in [0.5, 0.6) is 0 Å². The van der Waals surface area contributed by atoms with Crippen molar-refractivity contribution in [2.45, 2.75) is 25.8 Å². The van der Waals surface area contributed by atoms with Gasteiger partial charge in [-0.15, -0.1) is 0 Å². The summed E-state index contributed by atoms with van der Waals surface area (Å²) in [5.41, 5.74) is 7.23. The summed E-state index contributed by atoms with van der Waals surface area (Å²) >= 11 is 0. The molecule has 1 aliphatic heterocycles. The number of nitrogens with zero attached hydrogens (tertiary/aromatic N) is 2. The lowest BCUT2D eigenvalue weighted by molar-refractivity contribution is 0.264. The number of hydrogen-bond donors (Lipinski definition) is 2. The van der Waals surface area contributed by atoms with Gasteiger partial charge in [-0.1, -0.05) is 25.3 Å². The highest BCUT2D eigenvalue weighted by molar-refractivity contribution is 5.67. The highest BCUT2D eigenvalue weighted by atomic mass is 19.1. The third-order valence-electron chi connectivity index (χ3n) is 5.24. The first-order chi connectivity index (χ1) is 15.3. The van der Waals surface area contributed by atoms with Gasteiger partial charge in [-0.25, -0.2) is 18.2 Å². The van der Waals surface area contributed by atoms with E-state index in [0.717, 1.165) is 43.3 Å². The molecule has 1 aliphatic rings. The molecule has 4 nitrogen and oxygen atoms in total. The van der Waals surface area contributed by atoms with Gasteiger partial charge in [0, 0.05) is 19.1 Å². The zero-order chi connectivity index (χ0) is 23.3. The molecule has 32 heavy (non-hydrogen) atoms. The Morgan fingerprint density at radius 3 is 2.53 bits per heavy atom. The summed E-state index contributed by atoms with van der Waals surface area (Å²) in [6.45, 7) is 11.2. The zero-order valence-electron chi connectivity index (χ0n) is 18.0. The van der Waals surface area contributed by atoms with E-state index in [4.69, 9.17) is 5.73 Å². The first-order valence-electron chi connectivity index (χ1n) is 10.4. The number of piperidine rings is 1. The third-order valence-corrected chi connectivity index (χ3v) is 5.24. The molecule has 0 radical (unpaired) electrons. The van der Waals surface area contributed by atoms with Crippen LogP contribution in [0.2, 0.25) is 0 Å². The van der Waals surface area contributed by atoms with Crippen molar-refractivity contribution in [2.24, 2.45) is 5.73 Å². The third kappa shape index (κ3) is 5.11. The predicted octanol–water partition coefficient (Wildman–Crippen LogP) is 5.12. The van der Waals surface area contributed by atoms with Crippen molar-refractivity contribution in [3.8, 4) is 11.3 Å². The molecule has 0 amide bonds. The number of halogens is 3. The molecule has 0 saturated carbocycles. The van der Waals surface area contributed by atoms with E-state index in [0.29, 0.717) is 12.2 Å². The van der Waals surface area contributed by atoms with Crippen LogP contribution in [0.3, 0.4) is 0 Å². The van der Waals surface area contributed by atoms with Crippen LogP contribution < -0.4 is 11.1 Å². The lowest BCUT2D eigenvalue weighted by atomic mass is 10.0. The molecular weight excluding hydrogens is 413 g/mol. The SMILES string of the molecule is C=C/C(NC(=C)c1nc(-c2c(F)cccc2F)ccc1F)=C(\C=C/C)N1CCC[C@H](N)C1. The van der Waals surface area contributed by atoms with Gasteiger partial charge in [0.1, 0.15) is 17.3 Å². The normalized spacial score (nSPS) is 17.3. The number of rotatable bonds is 7. The van der Waals surface area contributed by atoms with E-state index in [2.05, 4.69) is 28.4 Å². The standard InChI is InChI=1S/C25H27F3N4/c1-4-8-23(32-14-7-9-17(29)15-32)21(5-2)30-16(3)25-20(28)12-13-22(31-25)24-18(26)10-6-11-19(24)27/h4-6,8,10-13,17,30H,2-3,7,9,14-15,29H2,1H3/b8-4-,23-21-/t17-/m0/s1. The Balaban J connectivity index is 1.97. The van der Waals surface area contributed by atoms with E-state index in [1.165, 1.54) is 12.1 Å². The number of pyridine rings is 1. The van der Waals surface area contributed by atoms with Crippen molar-refractivity contribution < 1.29 is 13.2 Å². The number of allylic oxidation sites excluding steroid dienone is 3. The molecule has 0 aliphatic carbocycles. The molecule has 2 aromatic rings. The molecule has 0 bridgehead atoms. The molecule has 3 rings (SSSR count). The Hall–Kier alpha value is -3.32. The van der Waals surface area contributed by atoms with E-state index in [9.17, 15) is 13.2 Å². The summed E-state index contributed by atoms with van der Waals surface area (Å²) in [6.07, 6.45) is 7.34. The fraction of sp³-hybridized carbons (Fsp3) is 0.240. The van der Waals surface area contributed by atoms with Crippen molar-refractivity contribution in [2.75, 3.05) is 13.1 Å². The molecule has 1 atom stereocenters. The molecule has 1 saturated heterocycles. The maximum atomic E-state index is 14.6. The monoisotopic (exact) mass is 440 g/mol. The van der Waals surface area contributed by atoms with Crippen LogP contribution in [0.4, 0.5) is 13.2 Å². The predicted molar refractivity (Wildman–Crippen MR) is 123 cm³/mol. The minimum atomic E-state index is -0.780. The molecule has 168 valence electrons. The maximum Gasteiger partial charge on any atom is 0.151 e. The van der Waals surface area contributed by atoms with Crippen LogP contribution in [-0.2, 0) is 0 Å².